The van der Waals surface area contributed by atoms with Gasteiger partial charge in [-0.2, -0.15) is 0 Å². The molecule has 6 nitrogen and oxygen atoms in total. The summed E-state index contributed by atoms with van der Waals surface area (Å²) in [5.74, 6) is 0.0583. The lowest BCUT2D eigenvalue weighted by molar-refractivity contribution is -0.395. The van der Waals surface area contributed by atoms with E-state index in [1.165, 1.54) is 13.0 Å². The molecule has 1 unspecified atom stereocenters. The molecule has 0 aliphatic carbocycles. The highest BCUT2D eigenvalue weighted by atomic mass is 16.6. The first kappa shape index (κ1) is 14.1. The summed E-state index contributed by atoms with van der Waals surface area (Å²) in [5.41, 5.74) is 1.01. The zero-order chi connectivity index (χ0) is 14.0. The zero-order valence-electron chi connectivity index (χ0n) is 10.9. The summed E-state index contributed by atoms with van der Waals surface area (Å²) >= 11 is 0. The second kappa shape index (κ2) is 5.12. The molecule has 18 heavy (non-hydrogen) atoms. The van der Waals surface area contributed by atoms with Crippen molar-refractivity contribution >= 4 is 11.4 Å². The van der Waals surface area contributed by atoms with Crippen molar-refractivity contribution in [3.63, 3.8) is 0 Å². The molecular weight excluding hydrogens is 236 g/mol. The van der Waals surface area contributed by atoms with Crippen molar-refractivity contribution in [3.05, 3.63) is 43.0 Å². The molecule has 1 rings (SSSR count). The minimum Gasteiger partial charge on any atom is -0.258 e. The predicted molar refractivity (Wildman–Crippen MR) is 67.9 cm³/mol. The van der Waals surface area contributed by atoms with Crippen LogP contribution in [0.2, 0.25) is 0 Å². The molecule has 0 aliphatic heterocycles. The van der Waals surface area contributed by atoms with Crippen LogP contribution in [0.15, 0.2) is 6.07 Å². The van der Waals surface area contributed by atoms with Crippen molar-refractivity contribution in [3.8, 4) is 0 Å². The summed E-state index contributed by atoms with van der Waals surface area (Å²) in [6.07, 6.45) is 0.776. The highest BCUT2D eigenvalue weighted by Gasteiger charge is 2.28. The van der Waals surface area contributed by atoms with Gasteiger partial charge in [-0.1, -0.05) is 13.8 Å². The van der Waals surface area contributed by atoms with Crippen molar-refractivity contribution in [2.24, 2.45) is 0 Å². The minimum absolute atomic E-state index is 0.0583. The fraction of sp³-hybridized carbons (Fsp3) is 0.500. The van der Waals surface area contributed by atoms with Crippen molar-refractivity contribution in [1.29, 1.82) is 0 Å². The predicted octanol–water partition coefficient (Wildman–Crippen LogP) is 3.63. The molecule has 0 radical (unpaired) electrons. The van der Waals surface area contributed by atoms with Gasteiger partial charge in [0, 0.05) is 11.6 Å². The number of nitro benzene ring substituents is 2. The molecule has 0 spiro atoms. The molecule has 6 heteroatoms. The van der Waals surface area contributed by atoms with E-state index in [0.29, 0.717) is 11.1 Å². The van der Waals surface area contributed by atoms with Gasteiger partial charge >= 0.3 is 0 Å². The van der Waals surface area contributed by atoms with Crippen LogP contribution in [-0.2, 0) is 0 Å². The Balaban J connectivity index is 3.66. The van der Waals surface area contributed by atoms with Crippen LogP contribution in [0.3, 0.4) is 0 Å². The molecule has 0 N–H and O–H groups in total. The molecule has 0 bridgehead atoms. The van der Waals surface area contributed by atoms with Gasteiger partial charge in [-0.25, -0.2) is 0 Å². The Morgan fingerprint density at radius 2 is 1.72 bits per heavy atom. The van der Waals surface area contributed by atoms with Gasteiger partial charge in [0.2, 0.25) is 0 Å². The van der Waals surface area contributed by atoms with E-state index in [0.717, 1.165) is 6.42 Å². The van der Waals surface area contributed by atoms with E-state index in [1.807, 2.05) is 13.8 Å². The van der Waals surface area contributed by atoms with Crippen LogP contribution < -0.4 is 0 Å². The smallest absolute Gasteiger partial charge is 0.258 e. The van der Waals surface area contributed by atoms with Crippen LogP contribution in [0.1, 0.15) is 42.9 Å². The maximum absolute atomic E-state index is 11.1. The van der Waals surface area contributed by atoms with E-state index in [9.17, 15) is 20.2 Å². The normalized spacial score (nSPS) is 12.2. The summed E-state index contributed by atoms with van der Waals surface area (Å²) in [5, 5.41) is 22.0. The number of nitro groups is 2. The maximum atomic E-state index is 11.1. The van der Waals surface area contributed by atoms with Crippen LogP contribution >= 0.6 is 0 Å². The van der Waals surface area contributed by atoms with Gasteiger partial charge in [0.05, 0.1) is 9.85 Å². The topological polar surface area (TPSA) is 86.3 Å². The van der Waals surface area contributed by atoms with Gasteiger partial charge in [-0.15, -0.1) is 0 Å². The molecule has 1 aromatic rings. The van der Waals surface area contributed by atoms with Gasteiger partial charge in [0.15, 0.2) is 0 Å². The number of rotatable bonds is 4. The lowest BCUT2D eigenvalue weighted by atomic mass is 9.91. The third-order valence-electron chi connectivity index (χ3n) is 3.34. The Morgan fingerprint density at radius 1 is 1.17 bits per heavy atom. The molecule has 0 aliphatic rings. The van der Waals surface area contributed by atoms with Crippen LogP contribution in [0, 0.1) is 34.1 Å². The molecule has 1 aromatic carbocycles. The number of benzene rings is 1. The Labute approximate surface area is 105 Å². The van der Waals surface area contributed by atoms with Crippen LogP contribution in [-0.4, -0.2) is 9.85 Å². The molecule has 0 saturated carbocycles. The van der Waals surface area contributed by atoms with E-state index < -0.39 is 9.85 Å². The quantitative estimate of drug-likeness (QED) is 0.604. The Hall–Kier alpha value is -1.98. The van der Waals surface area contributed by atoms with E-state index >= 15 is 0 Å². The highest BCUT2D eigenvalue weighted by Crippen LogP contribution is 2.37. The highest BCUT2D eigenvalue weighted by molar-refractivity contribution is 5.61. The maximum Gasteiger partial charge on any atom is 0.282 e. The molecular formula is C12H16N2O4. The van der Waals surface area contributed by atoms with Crippen molar-refractivity contribution in [2.45, 2.75) is 40.0 Å². The Kier molecular flexibility index (Phi) is 4.00. The first-order valence-electron chi connectivity index (χ1n) is 5.74. The average molecular weight is 252 g/mol. The molecule has 0 fully saturated rings. The number of nitrogens with zero attached hydrogens (tertiary/aromatic N) is 2. The summed E-state index contributed by atoms with van der Waals surface area (Å²) in [7, 11) is 0. The average Bonchev–Trinajstić information content (AvgIpc) is 2.27. The molecule has 0 saturated heterocycles. The molecule has 98 valence electrons. The van der Waals surface area contributed by atoms with Crippen molar-refractivity contribution in [1.82, 2.24) is 0 Å². The molecule has 0 heterocycles. The van der Waals surface area contributed by atoms with Crippen LogP contribution in [0.4, 0.5) is 11.4 Å². The third kappa shape index (κ3) is 2.32. The lowest BCUT2D eigenvalue weighted by Gasteiger charge is -2.14. The first-order chi connectivity index (χ1) is 8.31. The molecule has 0 aromatic heterocycles. The number of hydrogen-bond acceptors (Lipinski definition) is 4. The van der Waals surface area contributed by atoms with Gasteiger partial charge in [0.25, 0.3) is 11.4 Å². The molecule has 0 amide bonds. The summed E-state index contributed by atoms with van der Waals surface area (Å²) < 4.78 is 0. The first-order valence-corrected chi connectivity index (χ1v) is 5.74. The van der Waals surface area contributed by atoms with Gasteiger partial charge in [-0.3, -0.25) is 20.2 Å². The second-order valence-corrected chi connectivity index (χ2v) is 4.41. The fourth-order valence-electron chi connectivity index (χ4n) is 2.10. The Morgan fingerprint density at radius 3 is 2.11 bits per heavy atom. The summed E-state index contributed by atoms with van der Waals surface area (Å²) in [6, 6.07) is 1.46. The zero-order valence-corrected chi connectivity index (χ0v) is 10.9. The van der Waals surface area contributed by atoms with E-state index in [2.05, 4.69) is 0 Å². The van der Waals surface area contributed by atoms with E-state index in [-0.39, 0.29) is 22.9 Å². The van der Waals surface area contributed by atoms with E-state index in [4.69, 9.17) is 0 Å². The van der Waals surface area contributed by atoms with E-state index in [1.54, 1.807) is 6.92 Å². The largest absolute Gasteiger partial charge is 0.282 e. The minimum atomic E-state index is -0.562. The molecule has 1 atom stereocenters. The van der Waals surface area contributed by atoms with Crippen molar-refractivity contribution in [2.75, 3.05) is 0 Å². The number of hydrogen-bond donors (Lipinski definition) is 0. The Bertz CT molecular complexity index is 511. The lowest BCUT2D eigenvalue weighted by Crippen LogP contribution is -2.05. The van der Waals surface area contributed by atoms with Crippen molar-refractivity contribution < 1.29 is 9.85 Å². The van der Waals surface area contributed by atoms with Crippen LogP contribution in [0.25, 0.3) is 0 Å². The van der Waals surface area contributed by atoms with Gasteiger partial charge in [-0.05, 0) is 31.7 Å². The standard InChI is InChI=1S/C12H16N2O4/c1-5-7(2)10-6-11(13(15)16)9(4)12(8(10)3)14(17)18/h6-7H,5H2,1-4H3. The fourth-order valence-corrected chi connectivity index (χ4v) is 2.10. The third-order valence-corrected chi connectivity index (χ3v) is 3.34. The monoisotopic (exact) mass is 252 g/mol. The van der Waals surface area contributed by atoms with Crippen LogP contribution in [0.5, 0.6) is 0 Å². The van der Waals surface area contributed by atoms with Gasteiger partial charge in [0.1, 0.15) is 5.56 Å². The summed E-state index contributed by atoms with van der Waals surface area (Å²) in [4.78, 5) is 20.9. The SMILES string of the molecule is CCC(C)c1cc([N+](=O)[O-])c(C)c([N+](=O)[O-])c1C. The summed E-state index contributed by atoms with van der Waals surface area (Å²) in [6.45, 7) is 6.92. The van der Waals surface area contributed by atoms with Gasteiger partial charge < -0.3 is 0 Å². The second-order valence-electron chi connectivity index (χ2n) is 4.41.